The molecule has 1 fully saturated rings. The number of pyridine rings is 1. The molecule has 1 saturated carbocycles. The van der Waals surface area contributed by atoms with E-state index in [1.54, 1.807) is 0 Å². The van der Waals surface area contributed by atoms with Crippen LogP contribution in [0, 0.1) is 6.92 Å². The highest BCUT2D eigenvalue weighted by molar-refractivity contribution is 7.99. The van der Waals surface area contributed by atoms with Gasteiger partial charge in [-0.2, -0.15) is 11.8 Å². The molecule has 2 amide bonds. The van der Waals surface area contributed by atoms with Crippen molar-refractivity contribution in [3.63, 3.8) is 0 Å². The highest BCUT2D eigenvalue weighted by Crippen LogP contribution is 2.27. The van der Waals surface area contributed by atoms with Gasteiger partial charge in [0.05, 0.1) is 12.2 Å². The van der Waals surface area contributed by atoms with Crippen molar-refractivity contribution < 1.29 is 4.79 Å². The summed E-state index contributed by atoms with van der Waals surface area (Å²) in [5.41, 5.74) is 2.92. The van der Waals surface area contributed by atoms with Crippen molar-refractivity contribution in [2.75, 3.05) is 6.26 Å². The number of carbonyl (C=O) groups is 1. The van der Waals surface area contributed by atoms with Gasteiger partial charge in [0.15, 0.2) is 0 Å². The van der Waals surface area contributed by atoms with Gasteiger partial charge in [-0.25, -0.2) is 9.78 Å². The van der Waals surface area contributed by atoms with E-state index in [0.717, 1.165) is 29.9 Å². The molecule has 2 N–H and O–H groups in total. The molecule has 0 aliphatic heterocycles. The van der Waals surface area contributed by atoms with Crippen LogP contribution in [0.4, 0.5) is 4.79 Å². The van der Waals surface area contributed by atoms with Crippen molar-refractivity contribution in [1.82, 2.24) is 20.0 Å². The molecule has 1 aliphatic carbocycles. The van der Waals surface area contributed by atoms with Crippen LogP contribution in [-0.4, -0.2) is 33.0 Å². The van der Waals surface area contributed by atoms with Gasteiger partial charge in [-0.3, -0.25) is 0 Å². The number of nitrogens with zero attached hydrogens (tertiary/aromatic N) is 2. The normalized spacial score (nSPS) is 21.2. The summed E-state index contributed by atoms with van der Waals surface area (Å²) in [5, 5.41) is 6.65. The number of nitrogens with one attached hydrogen (secondary N) is 2. The molecule has 22 heavy (non-hydrogen) atoms. The Labute approximate surface area is 134 Å². The topological polar surface area (TPSA) is 58.4 Å². The van der Waals surface area contributed by atoms with Gasteiger partial charge in [-0.1, -0.05) is 6.07 Å². The number of hydrogen-bond acceptors (Lipinski definition) is 3. The summed E-state index contributed by atoms with van der Waals surface area (Å²) in [7, 11) is 0. The zero-order valence-corrected chi connectivity index (χ0v) is 13.8. The summed E-state index contributed by atoms with van der Waals surface area (Å²) < 4.78 is 2.04. The second kappa shape index (κ2) is 6.60. The molecular formula is C16H22N4OS. The van der Waals surface area contributed by atoms with Crippen LogP contribution in [0.3, 0.4) is 0 Å². The van der Waals surface area contributed by atoms with E-state index in [0.29, 0.717) is 17.8 Å². The molecule has 3 rings (SSSR count). The highest BCUT2D eigenvalue weighted by Gasteiger charge is 2.24. The van der Waals surface area contributed by atoms with Gasteiger partial charge in [0.1, 0.15) is 5.65 Å². The van der Waals surface area contributed by atoms with Gasteiger partial charge in [-0.15, -0.1) is 0 Å². The summed E-state index contributed by atoms with van der Waals surface area (Å²) >= 11 is 1.89. The van der Waals surface area contributed by atoms with Crippen LogP contribution >= 0.6 is 11.8 Å². The second-order valence-electron chi connectivity index (χ2n) is 5.82. The van der Waals surface area contributed by atoms with E-state index < -0.39 is 0 Å². The van der Waals surface area contributed by atoms with Crippen LogP contribution in [0.2, 0.25) is 0 Å². The molecule has 0 aromatic carbocycles. The van der Waals surface area contributed by atoms with Crippen molar-refractivity contribution in [3.8, 4) is 0 Å². The van der Waals surface area contributed by atoms with Crippen molar-refractivity contribution in [1.29, 1.82) is 0 Å². The zero-order valence-electron chi connectivity index (χ0n) is 13.0. The van der Waals surface area contributed by atoms with E-state index in [4.69, 9.17) is 0 Å². The monoisotopic (exact) mass is 318 g/mol. The number of thioether (sulfide) groups is 1. The number of carbonyl (C=O) groups excluding carboxylic acids is 1. The Morgan fingerprint density at radius 1 is 1.45 bits per heavy atom. The van der Waals surface area contributed by atoms with E-state index in [-0.39, 0.29) is 6.03 Å². The number of imidazole rings is 1. The minimum atomic E-state index is -0.0967. The van der Waals surface area contributed by atoms with Gasteiger partial charge in [-0.05, 0) is 44.6 Å². The smallest absolute Gasteiger partial charge is 0.315 e. The summed E-state index contributed by atoms with van der Waals surface area (Å²) in [6, 6.07) is 6.21. The Morgan fingerprint density at radius 3 is 3.05 bits per heavy atom. The molecule has 0 saturated heterocycles. The summed E-state index contributed by atoms with van der Waals surface area (Å²) in [6.07, 6.45) is 7.45. The van der Waals surface area contributed by atoms with E-state index in [2.05, 4.69) is 21.9 Å². The highest BCUT2D eigenvalue weighted by atomic mass is 32.2. The zero-order chi connectivity index (χ0) is 15.5. The maximum absolute atomic E-state index is 12.0. The van der Waals surface area contributed by atoms with Crippen LogP contribution < -0.4 is 10.6 Å². The second-order valence-corrected chi connectivity index (χ2v) is 6.96. The number of fused-ring (bicyclic) bond motifs is 1. The molecule has 0 bridgehead atoms. The first-order valence-electron chi connectivity index (χ1n) is 7.66. The largest absolute Gasteiger partial charge is 0.335 e. The van der Waals surface area contributed by atoms with Gasteiger partial charge in [0.2, 0.25) is 0 Å². The molecule has 118 valence electrons. The minimum Gasteiger partial charge on any atom is -0.335 e. The Morgan fingerprint density at radius 2 is 2.32 bits per heavy atom. The fourth-order valence-electron chi connectivity index (χ4n) is 2.98. The predicted molar refractivity (Wildman–Crippen MR) is 90.2 cm³/mol. The van der Waals surface area contributed by atoms with Crippen LogP contribution in [0.5, 0.6) is 0 Å². The molecule has 2 aromatic rings. The molecule has 6 heteroatoms. The van der Waals surface area contributed by atoms with Crippen molar-refractivity contribution in [2.45, 2.75) is 44.0 Å². The van der Waals surface area contributed by atoms with E-state index in [1.165, 1.54) is 6.42 Å². The first-order valence-corrected chi connectivity index (χ1v) is 8.95. The molecule has 5 nitrogen and oxygen atoms in total. The van der Waals surface area contributed by atoms with Gasteiger partial charge >= 0.3 is 6.03 Å². The standard InChI is InChI=1S/C16H22N4OS/c1-11-4-3-5-15-18-13(10-20(11)15)9-17-16(21)19-12-6-7-14(8-12)22-2/h3-5,10,12,14H,6-9H2,1-2H3,(H2,17,19,21)/t12-,14-/m1/s1. The molecule has 0 radical (unpaired) electrons. The average Bonchev–Trinajstić information content (AvgIpc) is 3.12. The van der Waals surface area contributed by atoms with Crippen LogP contribution in [0.25, 0.3) is 5.65 Å². The van der Waals surface area contributed by atoms with Gasteiger partial charge in [0, 0.05) is 23.2 Å². The quantitative estimate of drug-likeness (QED) is 0.911. The van der Waals surface area contributed by atoms with E-state index >= 15 is 0 Å². The molecule has 0 spiro atoms. The molecule has 0 unspecified atom stereocenters. The first kappa shape index (κ1) is 15.2. The maximum Gasteiger partial charge on any atom is 0.315 e. The van der Waals surface area contributed by atoms with Crippen molar-refractivity contribution >= 4 is 23.4 Å². The third-order valence-electron chi connectivity index (χ3n) is 4.23. The maximum atomic E-state index is 12.0. The molecule has 2 heterocycles. The van der Waals surface area contributed by atoms with Crippen LogP contribution in [-0.2, 0) is 6.54 Å². The number of aryl methyl sites for hydroxylation is 1. The van der Waals surface area contributed by atoms with Gasteiger partial charge in [0.25, 0.3) is 0 Å². The summed E-state index contributed by atoms with van der Waals surface area (Å²) in [5.74, 6) is 0. The number of hydrogen-bond donors (Lipinski definition) is 2. The Bertz CT molecular complexity index is 669. The Kier molecular flexibility index (Phi) is 4.57. The fraction of sp³-hybridized carbons (Fsp3) is 0.500. The van der Waals surface area contributed by atoms with Crippen molar-refractivity contribution in [3.05, 3.63) is 35.8 Å². The molecule has 1 aliphatic rings. The number of amides is 2. The number of aromatic nitrogens is 2. The van der Waals surface area contributed by atoms with Crippen molar-refractivity contribution in [2.24, 2.45) is 0 Å². The molecular weight excluding hydrogens is 296 g/mol. The first-order chi connectivity index (χ1) is 10.7. The minimum absolute atomic E-state index is 0.0967. The fourth-order valence-corrected chi connectivity index (χ4v) is 3.77. The summed E-state index contributed by atoms with van der Waals surface area (Å²) in [4.78, 5) is 16.5. The lowest BCUT2D eigenvalue weighted by atomic mass is 10.2. The molecule has 2 aromatic heterocycles. The van der Waals surface area contributed by atoms with Crippen LogP contribution in [0.1, 0.15) is 30.7 Å². The van der Waals surface area contributed by atoms with Gasteiger partial charge < -0.3 is 15.0 Å². The predicted octanol–water partition coefficient (Wildman–Crippen LogP) is 2.73. The lowest BCUT2D eigenvalue weighted by molar-refractivity contribution is 0.236. The number of urea groups is 1. The lowest BCUT2D eigenvalue weighted by Crippen LogP contribution is -2.40. The average molecular weight is 318 g/mol. The lowest BCUT2D eigenvalue weighted by Gasteiger charge is -2.13. The summed E-state index contributed by atoms with van der Waals surface area (Å²) in [6.45, 7) is 2.49. The Hall–Kier alpha value is -1.69. The third-order valence-corrected chi connectivity index (χ3v) is 5.32. The number of rotatable bonds is 4. The van der Waals surface area contributed by atoms with E-state index in [1.807, 2.05) is 47.5 Å². The SMILES string of the molecule is CS[C@@H]1CC[C@@H](NC(=O)NCc2cn3c(C)cccc3n2)C1. The third kappa shape index (κ3) is 3.38. The Balaban J connectivity index is 1.53. The molecule has 2 atom stereocenters. The van der Waals surface area contributed by atoms with Crippen LogP contribution in [0.15, 0.2) is 24.4 Å². The van der Waals surface area contributed by atoms with E-state index in [9.17, 15) is 4.79 Å².